The van der Waals surface area contributed by atoms with Crippen LogP contribution in [0.5, 0.6) is 0 Å². The number of aromatic nitrogens is 1. The number of likely N-dealkylation sites (N-methyl/N-ethyl adjacent to an activating group) is 1. The Morgan fingerprint density at radius 1 is 1.44 bits per heavy atom. The molecule has 2 rings (SSSR count). The monoisotopic (exact) mass is 268 g/mol. The van der Waals surface area contributed by atoms with Gasteiger partial charge >= 0.3 is 0 Å². The number of hydrogen-bond acceptors (Lipinski definition) is 5. The van der Waals surface area contributed by atoms with Crippen LogP contribution in [0.25, 0.3) is 0 Å². The van der Waals surface area contributed by atoms with Crippen molar-refractivity contribution >= 4 is 22.4 Å². The molecule has 0 atom stereocenters. The fourth-order valence-electron chi connectivity index (χ4n) is 2.11. The molecule has 1 aromatic rings. The predicted octanol–water partition coefficient (Wildman–Crippen LogP) is 1.29. The van der Waals surface area contributed by atoms with Gasteiger partial charge in [-0.1, -0.05) is 6.42 Å². The van der Waals surface area contributed by atoms with Gasteiger partial charge in [0.25, 0.3) is 0 Å². The second kappa shape index (κ2) is 6.82. The summed E-state index contributed by atoms with van der Waals surface area (Å²) < 4.78 is 0. The molecule has 100 valence electrons. The number of rotatable bonds is 5. The van der Waals surface area contributed by atoms with Crippen molar-refractivity contribution in [2.24, 2.45) is 0 Å². The number of nitrogens with one attached hydrogen (secondary N) is 2. The highest BCUT2D eigenvalue weighted by Crippen LogP contribution is 2.18. The van der Waals surface area contributed by atoms with Crippen LogP contribution in [0, 0.1) is 0 Å². The van der Waals surface area contributed by atoms with E-state index in [1.165, 1.54) is 43.7 Å². The molecule has 1 fully saturated rings. The van der Waals surface area contributed by atoms with Crippen molar-refractivity contribution in [1.82, 2.24) is 15.2 Å². The van der Waals surface area contributed by atoms with Gasteiger partial charge in [-0.05, 0) is 33.0 Å². The molecule has 0 unspecified atom stereocenters. The zero-order chi connectivity index (χ0) is 12.8. The van der Waals surface area contributed by atoms with Gasteiger partial charge in [0.05, 0.1) is 12.2 Å². The van der Waals surface area contributed by atoms with E-state index >= 15 is 0 Å². The standard InChI is InChI=1S/C12H20N4OS/c1-13-7-11(17)15-12-14-10(9-18-12)8-16-5-3-2-4-6-16/h9,13H,2-8H2,1H3,(H,14,15,17). The molecule has 1 amide bonds. The fourth-order valence-corrected chi connectivity index (χ4v) is 2.83. The summed E-state index contributed by atoms with van der Waals surface area (Å²) in [4.78, 5) is 18.3. The van der Waals surface area contributed by atoms with Crippen LogP contribution in [0.15, 0.2) is 5.38 Å². The first-order chi connectivity index (χ1) is 8.78. The van der Waals surface area contributed by atoms with Crippen LogP contribution < -0.4 is 10.6 Å². The normalized spacial score (nSPS) is 16.7. The van der Waals surface area contributed by atoms with Crippen LogP contribution in [-0.4, -0.2) is 42.5 Å². The summed E-state index contributed by atoms with van der Waals surface area (Å²) in [6.45, 7) is 3.55. The highest BCUT2D eigenvalue weighted by Gasteiger charge is 2.12. The summed E-state index contributed by atoms with van der Waals surface area (Å²) in [5.41, 5.74) is 1.06. The van der Waals surface area contributed by atoms with Crippen molar-refractivity contribution in [3.63, 3.8) is 0 Å². The Bertz CT molecular complexity index is 387. The van der Waals surface area contributed by atoms with Crippen LogP contribution in [-0.2, 0) is 11.3 Å². The van der Waals surface area contributed by atoms with Crippen LogP contribution in [0.3, 0.4) is 0 Å². The summed E-state index contributed by atoms with van der Waals surface area (Å²) in [7, 11) is 1.75. The van der Waals surface area contributed by atoms with Gasteiger partial charge in [-0.25, -0.2) is 4.98 Å². The molecule has 0 radical (unpaired) electrons. The van der Waals surface area contributed by atoms with Gasteiger partial charge in [0.1, 0.15) is 0 Å². The van der Waals surface area contributed by atoms with Crippen molar-refractivity contribution in [3.05, 3.63) is 11.1 Å². The molecule has 2 heterocycles. The molecule has 18 heavy (non-hydrogen) atoms. The minimum atomic E-state index is -0.0450. The summed E-state index contributed by atoms with van der Waals surface area (Å²) >= 11 is 1.49. The second-order valence-electron chi connectivity index (χ2n) is 4.56. The van der Waals surface area contributed by atoms with Gasteiger partial charge in [0.2, 0.25) is 5.91 Å². The number of nitrogens with zero attached hydrogens (tertiary/aromatic N) is 2. The van der Waals surface area contributed by atoms with E-state index in [1.807, 2.05) is 5.38 Å². The van der Waals surface area contributed by atoms with Gasteiger partial charge in [0, 0.05) is 11.9 Å². The first-order valence-corrected chi connectivity index (χ1v) is 7.27. The quantitative estimate of drug-likeness (QED) is 0.845. The van der Waals surface area contributed by atoms with Gasteiger partial charge < -0.3 is 10.6 Å². The Morgan fingerprint density at radius 3 is 2.94 bits per heavy atom. The number of amides is 1. The van der Waals surface area contributed by atoms with Crippen LogP contribution in [0.2, 0.25) is 0 Å². The van der Waals surface area contributed by atoms with Crippen molar-refractivity contribution in [1.29, 1.82) is 0 Å². The van der Waals surface area contributed by atoms with Gasteiger partial charge in [-0.3, -0.25) is 9.69 Å². The van der Waals surface area contributed by atoms with E-state index < -0.39 is 0 Å². The lowest BCUT2D eigenvalue weighted by Gasteiger charge is -2.25. The Kier molecular flexibility index (Phi) is 5.10. The third kappa shape index (κ3) is 4.04. The fraction of sp³-hybridized carbons (Fsp3) is 0.667. The van der Waals surface area contributed by atoms with E-state index in [2.05, 4.69) is 20.5 Å². The first kappa shape index (κ1) is 13.5. The van der Waals surface area contributed by atoms with Crippen LogP contribution >= 0.6 is 11.3 Å². The minimum absolute atomic E-state index is 0.0450. The van der Waals surface area contributed by atoms with E-state index in [-0.39, 0.29) is 5.91 Å². The Hall–Kier alpha value is -0.980. The summed E-state index contributed by atoms with van der Waals surface area (Å²) in [5.74, 6) is -0.0450. The number of piperidine rings is 1. The molecule has 1 aromatic heterocycles. The number of thiazole rings is 1. The molecule has 0 aromatic carbocycles. The van der Waals surface area contributed by atoms with Crippen molar-refractivity contribution in [3.8, 4) is 0 Å². The average Bonchev–Trinajstić information content (AvgIpc) is 2.78. The Balaban J connectivity index is 1.83. The number of carbonyl (C=O) groups excluding carboxylic acids is 1. The molecule has 2 N–H and O–H groups in total. The number of anilines is 1. The van der Waals surface area contributed by atoms with E-state index in [1.54, 1.807) is 7.05 Å². The zero-order valence-corrected chi connectivity index (χ0v) is 11.6. The molecular weight excluding hydrogens is 248 g/mol. The molecule has 0 spiro atoms. The van der Waals surface area contributed by atoms with Crippen molar-refractivity contribution in [2.75, 3.05) is 32.0 Å². The van der Waals surface area contributed by atoms with E-state index in [0.29, 0.717) is 11.7 Å². The van der Waals surface area contributed by atoms with E-state index in [0.717, 1.165) is 12.2 Å². The maximum absolute atomic E-state index is 11.4. The summed E-state index contributed by atoms with van der Waals surface area (Å²) in [5, 5.41) is 8.33. The topological polar surface area (TPSA) is 57.3 Å². The van der Waals surface area contributed by atoms with Gasteiger partial charge in [-0.15, -0.1) is 11.3 Å². The molecular formula is C12H20N4OS. The maximum atomic E-state index is 11.4. The second-order valence-corrected chi connectivity index (χ2v) is 5.42. The Morgan fingerprint density at radius 2 is 2.22 bits per heavy atom. The average molecular weight is 268 g/mol. The highest BCUT2D eigenvalue weighted by molar-refractivity contribution is 7.13. The molecule has 0 saturated carbocycles. The molecule has 6 heteroatoms. The van der Waals surface area contributed by atoms with Crippen LogP contribution in [0.1, 0.15) is 25.0 Å². The molecule has 0 aliphatic carbocycles. The molecule has 1 aliphatic rings. The molecule has 1 aliphatic heterocycles. The van der Waals surface area contributed by atoms with Gasteiger partial charge in [-0.2, -0.15) is 0 Å². The first-order valence-electron chi connectivity index (χ1n) is 6.39. The number of hydrogen-bond donors (Lipinski definition) is 2. The predicted molar refractivity (Wildman–Crippen MR) is 73.8 cm³/mol. The lowest BCUT2D eigenvalue weighted by Crippen LogP contribution is -2.29. The SMILES string of the molecule is CNCC(=O)Nc1nc(CN2CCCCC2)cs1. The number of carbonyl (C=O) groups is 1. The lowest BCUT2D eigenvalue weighted by molar-refractivity contribution is -0.115. The molecule has 1 saturated heterocycles. The largest absolute Gasteiger partial charge is 0.311 e. The van der Waals surface area contributed by atoms with E-state index in [9.17, 15) is 4.79 Å². The molecule has 5 nitrogen and oxygen atoms in total. The summed E-state index contributed by atoms with van der Waals surface area (Å²) in [6.07, 6.45) is 3.92. The number of likely N-dealkylation sites (tertiary alicyclic amines) is 1. The van der Waals surface area contributed by atoms with Gasteiger partial charge in [0.15, 0.2) is 5.13 Å². The highest BCUT2D eigenvalue weighted by atomic mass is 32.1. The van der Waals surface area contributed by atoms with Crippen LogP contribution in [0.4, 0.5) is 5.13 Å². The van der Waals surface area contributed by atoms with Crippen molar-refractivity contribution < 1.29 is 4.79 Å². The third-order valence-electron chi connectivity index (χ3n) is 2.97. The maximum Gasteiger partial charge on any atom is 0.240 e. The van der Waals surface area contributed by atoms with Crippen molar-refractivity contribution in [2.45, 2.75) is 25.8 Å². The summed E-state index contributed by atoms with van der Waals surface area (Å²) in [6, 6.07) is 0. The third-order valence-corrected chi connectivity index (χ3v) is 3.78. The zero-order valence-electron chi connectivity index (χ0n) is 10.7. The smallest absolute Gasteiger partial charge is 0.240 e. The minimum Gasteiger partial charge on any atom is -0.311 e. The Labute approximate surface area is 112 Å². The molecule has 0 bridgehead atoms. The lowest BCUT2D eigenvalue weighted by atomic mass is 10.1. The van der Waals surface area contributed by atoms with E-state index in [4.69, 9.17) is 0 Å².